The van der Waals surface area contributed by atoms with E-state index >= 15 is 0 Å². The maximum atomic E-state index is 13.3. The lowest BCUT2D eigenvalue weighted by Gasteiger charge is -2.08. The Balaban J connectivity index is 2.05. The second kappa shape index (κ2) is 6.86. The lowest BCUT2D eigenvalue weighted by Crippen LogP contribution is -2.19. The molecule has 0 aliphatic heterocycles. The maximum absolute atomic E-state index is 13.3. The van der Waals surface area contributed by atoms with Gasteiger partial charge < -0.3 is 4.74 Å². The molecule has 3 atom stereocenters. The van der Waals surface area contributed by atoms with Gasteiger partial charge in [0.25, 0.3) is 0 Å². The van der Waals surface area contributed by atoms with Gasteiger partial charge in [0, 0.05) is 13.0 Å². The van der Waals surface area contributed by atoms with Gasteiger partial charge in [0.2, 0.25) is 0 Å². The summed E-state index contributed by atoms with van der Waals surface area (Å²) < 4.78 is 31.8. The molecule has 0 radical (unpaired) electrons. The molecule has 0 N–H and O–H groups in total. The standard InChI is InChI=1S/C21H23NO3S/c1-4-16-7-9-17(10-8-16)19-20(21(19,13-22)14-25-3)26(23,24)18-11-5-15(2)6-12-18/h5-12,19-20H,4,14H2,1-3H3/t19-,20+,21+/m1/s1. The average molecular weight is 369 g/mol. The van der Waals surface area contributed by atoms with Crippen molar-refractivity contribution < 1.29 is 13.2 Å². The summed E-state index contributed by atoms with van der Waals surface area (Å²) in [4.78, 5) is 0.261. The van der Waals surface area contributed by atoms with Crippen LogP contribution >= 0.6 is 0 Å². The Morgan fingerprint density at radius 2 is 1.73 bits per heavy atom. The van der Waals surface area contributed by atoms with Crippen LogP contribution in [0.1, 0.15) is 29.5 Å². The summed E-state index contributed by atoms with van der Waals surface area (Å²) in [6.45, 7) is 4.08. The number of hydrogen-bond donors (Lipinski definition) is 0. The Labute approximate surface area is 155 Å². The third-order valence-corrected chi connectivity index (χ3v) is 7.57. The largest absolute Gasteiger partial charge is 0.383 e. The van der Waals surface area contributed by atoms with Gasteiger partial charge in [0.1, 0.15) is 5.41 Å². The van der Waals surface area contributed by atoms with E-state index in [9.17, 15) is 13.7 Å². The van der Waals surface area contributed by atoms with Crippen molar-refractivity contribution in [2.45, 2.75) is 36.3 Å². The topological polar surface area (TPSA) is 67.2 Å². The van der Waals surface area contributed by atoms with Crippen molar-refractivity contribution in [1.82, 2.24) is 0 Å². The minimum Gasteiger partial charge on any atom is -0.383 e. The normalized spacial score (nSPS) is 24.8. The van der Waals surface area contributed by atoms with Crippen molar-refractivity contribution in [1.29, 1.82) is 5.26 Å². The second-order valence-corrected chi connectivity index (χ2v) is 9.01. The van der Waals surface area contributed by atoms with Gasteiger partial charge in [-0.3, -0.25) is 0 Å². The third kappa shape index (κ3) is 2.94. The summed E-state index contributed by atoms with van der Waals surface area (Å²) in [7, 11) is -2.14. The minimum atomic E-state index is -3.64. The molecule has 5 heteroatoms. The third-order valence-electron chi connectivity index (χ3n) is 5.28. The molecule has 0 saturated heterocycles. The van der Waals surface area contributed by atoms with Crippen LogP contribution in [0.3, 0.4) is 0 Å². The highest BCUT2D eigenvalue weighted by Gasteiger charge is 2.72. The summed E-state index contributed by atoms with van der Waals surface area (Å²) in [6.07, 6.45) is 0.914. The molecule has 0 bridgehead atoms. The minimum absolute atomic E-state index is 0.0967. The number of aryl methyl sites for hydroxylation is 2. The fourth-order valence-electron chi connectivity index (χ4n) is 3.74. The molecule has 1 aliphatic carbocycles. The van der Waals surface area contributed by atoms with Crippen molar-refractivity contribution in [2.75, 3.05) is 13.7 Å². The SMILES string of the molecule is CCc1ccc([C@@H]2[C@H](S(=O)(=O)c3ccc(C)cc3)[C@@]2(C#N)COC)cc1. The predicted octanol–water partition coefficient (Wildman–Crippen LogP) is 3.65. The quantitative estimate of drug-likeness (QED) is 0.779. The molecule has 1 saturated carbocycles. The van der Waals surface area contributed by atoms with Crippen molar-refractivity contribution in [3.63, 3.8) is 0 Å². The molecule has 0 amide bonds. The molecule has 1 fully saturated rings. The first-order valence-corrected chi connectivity index (χ1v) is 10.2. The first-order chi connectivity index (χ1) is 12.4. The number of rotatable bonds is 6. The zero-order valence-electron chi connectivity index (χ0n) is 15.3. The highest BCUT2D eigenvalue weighted by Crippen LogP contribution is 2.63. The van der Waals surface area contributed by atoms with Crippen LogP contribution in [0.4, 0.5) is 0 Å². The van der Waals surface area contributed by atoms with E-state index in [4.69, 9.17) is 4.74 Å². The molecule has 4 nitrogen and oxygen atoms in total. The van der Waals surface area contributed by atoms with Crippen LogP contribution in [0.15, 0.2) is 53.4 Å². The van der Waals surface area contributed by atoms with Gasteiger partial charge in [-0.2, -0.15) is 5.26 Å². The van der Waals surface area contributed by atoms with Gasteiger partial charge >= 0.3 is 0 Å². The molecule has 26 heavy (non-hydrogen) atoms. The number of sulfone groups is 1. The lowest BCUT2D eigenvalue weighted by atomic mass is 10.00. The Morgan fingerprint density at radius 1 is 1.12 bits per heavy atom. The zero-order chi connectivity index (χ0) is 18.9. The molecule has 0 spiro atoms. The zero-order valence-corrected chi connectivity index (χ0v) is 16.1. The molecular weight excluding hydrogens is 346 g/mol. The first kappa shape index (κ1) is 18.6. The number of methoxy groups -OCH3 is 1. The highest BCUT2D eigenvalue weighted by atomic mass is 32.2. The number of nitriles is 1. The molecule has 0 heterocycles. The van der Waals surface area contributed by atoms with Crippen LogP contribution in [0, 0.1) is 23.7 Å². The maximum Gasteiger partial charge on any atom is 0.183 e. The number of nitrogens with zero attached hydrogens (tertiary/aromatic N) is 1. The molecule has 136 valence electrons. The van der Waals surface area contributed by atoms with Crippen LogP contribution < -0.4 is 0 Å². The molecular formula is C21H23NO3S. The molecule has 3 rings (SSSR count). The van der Waals surface area contributed by atoms with E-state index in [-0.39, 0.29) is 17.4 Å². The molecule has 0 unspecified atom stereocenters. The summed E-state index contributed by atoms with van der Waals surface area (Å²) in [6, 6.07) is 16.9. The van der Waals surface area contributed by atoms with Crippen molar-refractivity contribution in [3.8, 4) is 6.07 Å². The monoisotopic (exact) mass is 369 g/mol. The highest BCUT2D eigenvalue weighted by molar-refractivity contribution is 7.92. The lowest BCUT2D eigenvalue weighted by molar-refractivity contribution is 0.162. The number of hydrogen-bond acceptors (Lipinski definition) is 4. The van der Waals surface area contributed by atoms with E-state index in [1.165, 1.54) is 12.7 Å². The van der Waals surface area contributed by atoms with Gasteiger partial charge in [-0.25, -0.2) is 8.42 Å². The van der Waals surface area contributed by atoms with Gasteiger partial charge in [-0.15, -0.1) is 0 Å². The van der Waals surface area contributed by atoms with E-state index in [0.29, 0.717) is 0 Å². The molecule has 1 aliphatic rings. The summed E-state index contributed by atoms with van der Waals surface area (Å²) in [5.41, 5.74) is 2.00. The smallest absolute Gasteiger partial charge is 0.183 e. The number of ether oxygens (including phenoxy) is 1. The summed E-state index contributed by atoms with van der Waals surface area (Å²) >= 11 is 0. The molecule has 2 aromatic rings. The number of benzene rings is 2. The predicted molar refractivity (Wildman–Crippen MR) is 101 cm³/mol. The first-order valence-electron chi connectivity index (χ1n) is 8.70. The fourth-order valence-corrected chi connectivity index (χ4v) is 6.05. The van der Waals surface area contributed by atoms with Gasteiger partial charge in [0.05, 0.1) is 22.8 Å². The Bertz CT molecular complexity index is 927. The molecule has 0 aromatic heterocycles. The summed E-state index contributed by atoms with van der Waals surface area (Å²) in [5.74, 6) is -0.385. The van der Waals surface area contributed by atoms with E-state index in [2.05, 4.69) is 13.0 Å². The van der Waals surface area contributed by atoms with E-state index in [1.807, 2.05) is 31.2 Å². The summed E-state index contributed by atoms with van der Waals surface area (Å²) in [5, 5.41) is 9.05. The second-order valence-electron chi connectivity index (χ2n) is 6.94. The van der Waals surface area contributed by atoms with E-state index in [0.717, 1.165) is 17.5 Å². The average Bonchev–Trinajstić information content (AvgIpc) is 3.32. The van der Waals surface area contributed by atoms with Crippen LogP contribution in [-0.4, -0.2) is 27.4 Å². The van der Waals surface area contributed by atoms with Crippen LogP contribution in [-0.2, 0) is 21.0 Å². The Hall–Kier alpha value is -2.16. The Morgan fingerprint density at radius 3 is 2.23 bits per heavy atom. The van der Waals surface area contributed by atoms with Gasteiger partial charge in [-0.05, 0) is 36.6 Å². The van der Waals surface area contributed by atoms with Gasteiger partial charge in [-0.1, -0.05) is 48.9 Å². The van der Waals surface area contributed by atoms with E-state index < -0.39 is 20.5 Å². The van der Waals surface area contributed by atoms with Crippen molar-refractivity contribution >= 4 is 9.84 Å². The van der Waals surface area contributed by atoms with Crippen molar-refractivity contribution in [3.05, 3.63) is 65.2 Å². The van der Waals surface area contributed by atoms with Crippen LogP contribution in [0.2, 0.25) is 0 Å². The van der Waals surface area contributed by atoms with Crippen molar-refractivity contribution in [2.24, 2.45) is 5.41 Å². The van der Waals surface area contributed by atoms with Crippen LogP contribution in [0.5, 0.6) is 0 Å². The Kier molecular flexibility index (Phi) is 4.92. The van der Waals surface area contributed by atoms with Crippen LogP contribution in [0.25, 0.3) is 0 Å². The van der Waals surface area contributed by atoms with Gasteiger partial charge in [0.15, 0.2) is 9.84 Å². The fraction of sp³-hybridized carbons (Fsp3) is 0.381. The van der Waals surface area contributed by atoms with E-state index in [1.54, 1.807) is 24.3 Å². The molecule has 2 aromatic carbocycles.